The van der Waals surface area contributed by atoms with E-state index in [0.717, 1.165) is 4.90 Å². The van der Waals surface area contributed by atoms with E-state index < -0.39 is 27.6 Å². The van der Waals surface area contributed by atoms with Gasteiger partial charge in [0.2, 0.25) is 0 Å². The highest BCUT2D eigenvalue weighted by molar-refractivity contribution is 7.91. The first kappa shape index (κ1) is 16.6. The summed E-state index contributed by atoms with van der Waals surface area (Å²) in [6.07, 6.45) is 0.511. The highest BCUT2D eigenvalue weighted by Gasteiger charge is 2.35. The second-order valence-corrected chi connectivity index (χ2v) is 8.23. The van der Waals surface area contributed by atoms with E-state index in [2.05, 4.69) is 0 Å². The molecule has 1 aromatic rings. The smallest absolute Gasteiger partial charge is 0.306 e. The maximum atomic E-state index is 12.1. The van der Waals surface area contributed by atoms with Gasteiger partial charge in [-0.1, -0.05) is 12.1 Å². The average molecular weight is 351 g/mol. The molecule has 3 rings (SSSR count). The van der Waals surface area contributed by atoms with Gasteiger partial charge in [0.25, 0.3) is 11.8 Å². The molecule has 1 fully saturated rings. The second-order valence-electron chi connectivity index (χ2n) is 6.00. The van der Waals surface area contributed by atoms with E-state index in [1.54, 1.807) is 24.3 Å². The zero-order valence-corrected chi connectivity index (χ0v) is 13.8. The number of nitrogens with zero attached hydrogens (tertiary/aromatic N) is 1. The van der Waals surface area contributed by atoms with Crippen molar-refractivity contribution >= 4 is 27.6 Å². The van der Waals surface area contributed by atoms with Gasteiger partial charge in [0.15, 0.2) is 9.84 Å². The molecule has 0 aliphatic carbocycles. The number of carbonyl (C=O) groups excluding carboxylic acids is 3. The number of ether oxygens (including phenoxy) is 1. The number of hydrogen-bond donors (Lipinski definition) is 0. The SMILES string of the molecule is O=C(CC1CCS(=O)(=O)C1)OCCN1C(=O)c2ccccc2C1=O. The van der Waals surface area contributed by atoms with Gasteiger partial charge in [-0.15, -0.1) is 0 Å². The van der Waals surface area contributed by atoms with Crippen LogP contribution >= 0.6 is 0 Å². The zero-order chi connectivity index (χ0) is 17.3. The summed E-state index contributed by atoms with van der Waals surface area (Å²) in [6.45, 7) is -0.106. The van der Waals surface area contributed by atoms with Crippen LogP contribution in [-0.2, 0) is 19.4 Å². The lowest BCUT2D eigenvalue weighted by molar-refractivity contribution is -0.144. The summed E-state index contributed by atoms with van der Waals surface area (Å²) in [5, 5.41) is 0. The summed E-state index contributed by atoms with van der Waals surface area (Å²) in [7, 11) is -3.03. The van der Waals surface area contributed by atoms with Crippen LogP contribution in [0, 0.1) is 5.92 Å². The molecule has 2 aliphatic heterocycles. The number of esters is 1. The van der Waals surface area contributed by atoms with Crippen molar-refractivity contribution in [2.75, 3.05) is 24.7 Å². The van der Waals surface area contributed by atoms with Gasteiger partial charge in [0.1, 0.15) is 6.61 Å². The van der Waals surface area contributed by atoms with Gasteiger partial charge in [0.05, 0.1) is 29.2 Å². The zero-order valence-electron chi connectivity index (χ0n) is 12.9. The van der Waals surface area contributed by atoms with Gasteiger partial charge >= 0.3 is 5.97 Å². The van der Waals surface area contributed by atoms with Gasteiger partial charge in [-0.2, -0.15) is 0 Å². The lowest BCUT2D eigenvalue weighted by atomic mass is 10.1. The third kappa shape index (κ3) is 3.33. The molecule has 2 heterocycles. The van der Waals surface area contributed by atoms with E-state index in [4.69, 9.17) is 4.74 Å². The fourth-order valence-corrected chi connectivity index (χ4v) is 4.88. The van der Waals surface area contributed by atoms with Crippen molar-refractivity contribution < 1.29 is 27.5 Å². The Kier molecular flexibility index (Phi) is 4.40. The normalized spacial score (nSPS) is 21.8. The average Bonchev–Trinajstić information content (AvgIpc) is 2.99. The minimum absolute atomic E-state index is 0.0128. The highest BCUT2D eigenvalue weighted by Crippen LogP contribution is 2.23. The molecule has 0 spiro atoms. The van der Waals surface area contributed by atoms with Crippen molar-refractivity contribution in [1.82, 2.24) is 4.90 Å². The van der Waals surface area contributed by atoms with Gasteiger partial charge in [-0.25, -0.2) is 8.42 Å². The largest absolute Gasteiger partial charge is 0.464 e. The van der Waals surface area contributed by atoms with Crippen LogP contribution in [0.5, 0.6) is 0 Å². The van der Waals surface area contributed by atoms with Gasteiger partial charge < -0.3 is 4.74 Å². The molecule has 1 atom stereocenters. The molecular formula is C16H17NO6S. The summed E-state index contributed by atoms with van der Waals surface area (Å²) in [6, 6.07) is 6.54. The molecule has 2 aliphatic rings. The minimum atomic E-state index is -3.03. The van der Waals surface area contributed by atoms with Crippen molar-refractivity contribution in [3.63, 3.8) is 0 Å². The summed E-state index contributed by atoms with van der Waals surface area (Å²) >= 11 is 0. The maximum Gasteiger partial charge on any atom is 0.306 e. The third-order valence-electron chi connectivity index (χ3n) is 4.24. The molecule has 0 aromatic heterocycles. The Morgan fingerprint density at radius 2 is 1.79 bits per heavy atom. The lowest BCUT2D eigenvalue weighted by Gasteiger charge is -2.14. The quantitative estimate of drug-likeness (QED) is 0.571. The Labute approximate surface area is 139 Å². The predicted molar refractivity (Wildman–Crippen MR) is 84.1 cm³/mol. The van der Waals surface area contributed by atoms with Crippen LogP contribution in [-0.4, -0.2) is 55.8 Å². The number of imide groups is 1. The van der Waals surface area contributed by atoms with E-state index in [9.17, 15) is 22.8 Å². The Morgan fingerprint density at radius 1 is 1.17 bits per heavy atom. The summed E-state index contributed by atoms with van der Waals surface area (Å²) in [4.78, 5) is 37.1. The molecule has 2 amide bonds. The maximum absolute atomic E-state index is 12.1. The first-order chi connectivity index (χ1) is 11.4. The fourth-order valence-electron chi connectivity index (χ4n) is 3.02. The van der Waals surface area contributed by atoms with E-state index >= 15 is 0 Å². The van der Waals surface area contributed by atoms with Gasteiger partial charge in [0, 0.05) is 6.42 Å². The number of carbonyl (C=O) groups is 3. The van der Waals surface area contributed by atoms with Crippen LogP contribution < -0.4 is 0 Å². The Morgan fingerprint density at radius 3 is 2.33 bits per heavy atom. The molecule has 24 heavy (non-hydrogen) atoms. The molecule has 0 N–H and O–H groups in total. The molecule has 0 saturated carbocycles. The van der Waals surface area contributed by atoms with Crippen LogP contribution in [0.3, 0.4) is 0 Å². The number of benzene rings is 1. The van der Waals surface area contributed by atoms with Gasteiger partial charge in [-0.3, -0.25) is 19.3 Å². The van der Waals surface area contributed by atoms with E-state index in [-0.39, 0.29) is 37.0 Å². The number of amides is 2. The fraction of sp³-hybridized carbons (Fsp3) is 0.438. The number of rotatable bonds is 5. The summed E-state index contributed by atoms with van der Waals surface area (Å²) in [5.74, 6) is -1.38. The Balaban J connectivity index is 1.48. The van der Waals surface area contributed by atoms with Crippen LogP contribution in [0.2, 0.25) is 0 Å². The molecule has 1 unspecified atom stereocenters. The van der Waals surface area contributed by atoms with E-state index in [1.807, 2.05) is 0 Å². The number of sulfone groups is 1. The van der Waals surface area contributed by atoms with Crippen molar-refractivity contribution in [2.45, 2.75) is 12.8 Å². The molecule has 0 bridgehead atoms. The van der Waals surface area contributed by atoms with Crippen LogP contribution in [0.4, 0.5) is 0 Å². The van der Waals surface area contributed by atoms with Gasteiger partial charge in [-0.05, 0) is 24.5 Å². The van der Waals surface area contributed by atoms with Crippen LogP contribution in [0.15, 0.2) is 24.3 Å². The number of fused-ring (bicyclic) bond motifs is 1. The Bertz CT molecular complexity index is 766. The lowest BCUT2D eigenvalue weighted by Crippen LogP contribution is -2.33. The second kappa shape index (κ2) is 6.35. The number of hydrogen-bond acceptors (Lipinski definition) is 6. The first-order valence-electron chi connectivity index (χ1n) is 7.68. The van der Waals surface area contributed by atoms with Crippen LogP contribution in [0.1, 0.15) is 33.6 Å². The Hall–Kier alpha value is -2.22. The molecule has 1 aromatic carbocycles. The summed E-state index contributed by atoms with van der Waals surface area (Å²) in [5.41, 5.74) is 0.704. The van der Waals surface area contributed by atoms with E-state index in [1.165, 1.54) is 0 Å². The standard InChI is InChI=1S/C16H17NO6S/c18-14(9-11-5-8-24(21,22)10-11)23-7-6-17-15(19)12-3-1-2-4-13(12)16(17)20/h1-4,11H,5-10H2. The predicted octanol–water partition coefficient (Wildman–Crippen LogP) is 0.651. The molecule has 0 radical (unpaired) electrons. The topological polar surface area (TPSA) is 97.8 Å². The molecule has 8 heteroatoms. The van der Waals surface area contributed by atoms with Crippen molar-refractivity contribution in [3.05, 3.63) is 35.4 Å². The first-order valence-corrected chi connectivity index (χ1v) is 9.51. The molecule has 128 valence electrons. The summed E-state index contributed by atoms with van der Waals surface area (Å²) < 4.78 is 27.8. The molecule has 7 nitrogen and oxygen atoms in total. The highest BCUT2D eigenvalue weighted by atomic mass is 32.2. The minimum Gasteiger partial charge on any atom is -0.464 e. The van der Waals surface area contributed by atoms with Crippen molar-refractivity contribution in [3.8, 4) is 0 Å². The van der Waals surface area contributed by atoms with E-state index in [0.29, 0.717) is 17.5 Å². The van der Waals surface area contributed by atoms with Crippen LogP contribution in [0.25, 0.3) is 0 Å². The molecular weight excluding hydrogens is 334 g/mol. The van der Waals surface area contributed by atoms with Crippen molar-refractivity contribution in [1.29, 1.82) is 0 Å². The van der Waals surface area contributed by atoms with Crippen molar-refractivity contribution in [2.24, 2.45) is 5.92 Å². The third-order valence-corrected chi connectivity index (χ3v) is 6.08. The molecule has 1 saturated heterocycles. The monoisotopic (exact) mass is 351 g/mol.